The summed E-state index contributed by atoms with van der Waals surface area (Å²) in [4.78, 5) is 11.8. The summed E-state index contributed by atoms with van der Waals surface area (Å²) in [7, 11) is 0. The Morgan fingerprint density at radius 2 is 2.16 bits per heavy atom. The number of thiophene rings is 1. The molecule has 1 aromatic carbocycles. The Morgan fingerprint density at radius 3 is 2.79 bits per heavy atom. The van der Waals surface area contributed by atoms with E-state index in [1.54, 1.807) is 30.4 Å². The van der Waals surface area contributed by atoms with Crippen molar-refractivity contribution in [3.63, 3.8) is 0 Å². The minimum absolute atomic E-state index is 0.183. The lowest BCUT2D eigenvalue weighted by atomic mass is 10.1. The van der Waals surface area contributed by atoms with E-state index in [2.05, 4.69) is 18.3 Å². The van der Waals surface area contributed by atoms with E-state index >= 15 is 0 Å². The first kappa shape index (κ1) is 13.7. The molecule has 0 unspecified atom stereocenters. The van der Waals surface area contributed by atoms with Gasteiger partial charge in [-0.25, -0.2) is 0 Å². The SMILES string of the molecule is Cc1c(CN[C@H](C)c2cccs2)cccc1[N+](=O)[O-]. The van der Waals surface area contributed by atoms with Gasteiger partial charge in [0.2, 0.25) is 0 Å². The Kier molecular flexibility index (Phi) is 4.29. The van der Waals surface area contributed by atoms with Crippen molar-refractivity contribution in [1.29, 1.82) is 0 Å². The molecular formula is C14H16N2O2S. The predicted molar refractivity (Wildman–Crippen MR) is 77.4 cm³/mol. The zero-order valence-corrected chi connectivity index (χ0v) is 11.7. The van der Waals surface area contributed by atoms with Crippen LogP contribution in [0, 0.1) is 17.0 Å². The molecular weight excluding hydrogens is 260 g/mol. The van der Waals surface area contributed by atoms with Crippen molar-refractivity contribution >= 4 is 17.0 Å². The van der Waals surface area contributed by atoms with Gasteiger partial charge in [0.25, 0.3) is 5.69 Å². The van der Waals surface area contributed by atoms with Gasteiger partial charge < -0.3 is 5.32 Å². The van der Waals surface area contributed by atoms with Crippen molar-refractivity contribution < 1.29 is 4.92 Å². The zero-order chi connectivity index (χ0) is 13.8. The van der Waals surface area contributed by atoms with E-state index in [0.29, 0.717) is 6.54 Å². The molecule has 1 atom stereocenters. The van der Waals surface area contributed by atoms with Crippen LogP contribution in [0.2, 0.25) is 0 Å². The second-order valence-electron chi connectivity index (χ2n) is 4.44. The highest BCUT2D eigenvalue weighted by Gasteiger charge is 2.13. The number of nitro groups is 1. The Labute approximate surface area is 116 Å². The normalized spacial score (nSPS) is 12.3. The van der Waals surface area contributed by atoms with E-state index in [1.165, 1.54) is 4.88 Å². The van der Waals surface area contributed by atoms with Gasteiger partial charge in [-0.2, -0.15) is 0 Å². The maximum absolute atomic E-state index is 10.9. The van der Waals surface area contributed by atoms with Crippen LogP contribution in [0.15, 0.2) is 35.7 Å². The lowest BCUT2D eigenvalue weighted by Gasteiger charge is -2.13. The fraction of sp³-hybridized carbons (Fsp3) is 0.286. The van der Waals surface area contributed by atoms with Crippen molar-refractivity contribution in [2.45, 2.75) is 26.4 Å². The van der Waals surface area contributed by atoms with E-state index in [1.807, 2.05) is 17.5 Å². The summed E-state index contributed by atoms with van der Waals surface area (Å²) in [5.74, 6) is 0. The second-order valence-corrected chi connectivity index (χ2v) is 5.42. The van der Waals surface area contributed by atoms with E-state index in [9.17, 15) is 10.1 Å². The highest BCUT2D eigenvalue weighted by Crippen LogP contribution is 2.23. The van der Waals surface area contributed by atoms with Crippen LogP contribution in [0.1, 0.15) is 29.0 Å². The molecule has 100 valence electrons. The van der Waals surface area contributed by atoms with Crippen LogP contribution in [-0.2, 0) is 6.54 Å². The molecule has 0 bridgehead atoms. The topological polar surface area (TPSA) is 55.2 Å². The first-order valence-electron chi connectivity index (χ1n) is 6.09. The molecule has 2 rings (SSSR count). The van der Waals surface area contributed by atoms with Gasteiger partial charge in [-0.05, 0) is 30.9 Å². The number of nitrogens with zero attached hydrogens (tertiary/aromatic N) is 1. The van der Waals surface area contributed by atoms with Crippen LogP contribution in [0.4, 0.5) is 5.69 Å². The summed E-state index contributed by atoms with van der Waals surface area (Å²) in [6.07, 6.45) is 0. The van der Waals surface area contributed by atoms with Gasteiger partial charge in [0.15, 0.2) is 0 Å². The Morgan fingerprint density at radius 1 is 1.37 bits per heavy atom. The largest absolute Gasteiger partial charge is 0.305 e. The van der Waals surface area contributed by atoms with Gasteiger partial charge >= 0.3 is 0 Å². The molecule has 1 heterocycles. The molecule has 1 N–H and O–H groups in total. The summed E-state index contributed by atoms with van der Waals surface area (Å²) in [5, 5.41) is 16.3. The summed E-state index contributed by atoms with van der Waals surface area (Å²) < 4.78 is 0. The molecule has 4 nitrogen and oxygen atoms in total. The minimum atomic E-state index is -0.332. The molecule has 0 amide bonds. The molecule has 0 aliphatic rings. The standard InChI is InChI=1S/C14H16N2O2S/c1-10-12(5-3-6-13(10)16(17)18)9-15-11(2)14-7-4-8-19-14/h3-8,11,15H,9H2,1-2H3/t11-/m1/s1. The van der Waals surface area contributed by atoms with E-state index in [0.717, 1.165) is 11.1 Å². The predicted octanol–water partition coefficient (Wildman–Crippen LogP) is 3.82. The van der Waals surface area contributed by atoms with Crippen molar-refractivity contribution in [2.75, 3.05) is 0 Å². The average Bonchev–Trinajstić information content (AvgIpc) is 2.90. The maximum Gasteiger partial charge on any atom is 0.272 e. The van der Waals surface area contributed by atoms with Crippen molar-refractivity contribution in [3.8, 4) is 0 Å². The van der Waals surface area contributed by atoms with Crippen molar-refractivity contribution in [1.82, 2.24) is 5.32 Å². The van der Waals surface area contributed by atoms with Crippen molar-refractivity contribution in [3.05, 3.63) is 61.8 Å². The number of hydrogen-bond donors (Lipinski definition) is 1. The lowest BCUT2D eigenvalue weighted by Crippen LogP contribution is -2.18. The Hall–Kier alpha value is -1.72. The molecule has 0 aliphatic carbocycles. The van der Waals surface area contributed by atoms with Gasteiger partial charge in [0.1, 0.15) is 0 Å². The van der Waals surface area contributed by atoms with Crippen molar-refractivity contribution in [2.24, 2.45) is 0 Å². The highest BCUT2D eigenvalue weighted by atomic mass is 32.1. The first-order chi connectivity index (χ1) is 9.09. The fourth-order valence-corrected chi connectivity index (χ4v) is 2.72. The molecule has 0 radical (unpaired) electrons. The Balaban J connectivity index is 2.08. The Bertz CT molecular complexity index is 567. The molecule has 1 aromatic heterocycles. The molecule has 0 spiro atoms. The van der Waals surface area contributed by atoms with Crippen LogP contribution in [0.25, 0.3) is 0 Å². The van der Waals surface area contributed by atoms with Gasteiger partial charge in [0.05, 0.1) is 4.92 Å². The summed E-state index contributed by atoms with van der Waals surface area (Å²) >= 11 is 1.71. The molecule has 0 saturated carbocycles. The second kappa shape index (κ2) is 5.95. The highest BCUT2D eigenvalue weighted by molar-refractivity contribution is 7.10. The minimum Gasteiger partial charge on any atom is -0.305 e. The average molecular weight is 276 g/mol. The number of nitro benzene ring substituents is 1. The van der Waals surface area contributed by atoms with Crippen LogP contribution in [0.3, 0.4) is 0 Å². The molecule has 0 saturated heterocycles. The number of hydrogen-bond acceptors (Lipinski definition) is 4. The zero-order valence-electron chi connectivity index (χ0n) is 10.9. The first-order valence-corrected chi connectivity index (χ1v) is 6.97. The maximum atomic E-state index is 10.9. The van der Waals surface area contributed by atoms with Crippen LogP contribution in [-0.4, -0.2) is 4.92 Å². The number of benzene rings is 1. The summed E-state index contributed by atoms with van der Waals surface area (Å²) in [5.41, 5.74) is 1.89. The smallest absolute Gasteiger partial charge is 0.272 e. The van der Waals surface area contributed by atoms with Gasteiger partial charge in [0, 0.05) is 29.1 Å². The van der Waals surface area contributed by atoms with Gasteiger partial charge in [-0.15, -0.1) is 11.3 Å². The molecule has 5 heteroatoms. The van der Waals surface area contributed by atoms with Crippen LogP contribution < -0.4 is 5.32 Å². The van der Waals surface area contributed by atoms with E-state index < -0.39 is 0 Å². The third-order valence-electron chi connectivity index (χ3n) is 3.18. The summed E-state index contributed by atoms with van der Waals surface area (Å²) in [6, 6.07) is 9.56. The van der Waals surface area contributed by atoms with Crippen LogP contribution >= 0.6 is 11.3 Å². The van der Waals surface area contributed by atoms with Gasteiger partial charge in [-0.1, -0.05) is 18.2 Å². The van der Waals surface area contributed by atoms with Crippen LogP contribution in [0.5, 0.6) is 0 Å². The molecule has 2 aromatic rings. The fourth-order valence-electron chi connectivity index (χ4n) is 1.96. The van der Waals surface area contributed by atoms with Gasteiger partial charge in [-0.3, -0.25) is 10.1 Å². The summed E-state index contributed by atoms with van der Waals surface area (Å²) in [6.45, 7) is 4.52. The van der Waals surface area contributed by atoms with E-state index in [-0.39, 0.29) is 16.7 Å². The third kappa shape index (κ3) is 3.19. The van der Waals surface area contributed by atoms with E-state index in [4.69, 9.17) is 0 Å². The quantitative estimate of drug-likeness (QED) is 0.667. The molecule has 19 heavy (non-hydrogen) atoms. The lowest BCUT2D eigenvalue weighted by molar-refractivity contribution is -0.385. The third-order valence-corrected chi connectivity index (χ3v) is 4.24. The number of nitrogens with one attached hydrogen (secondary N) is 1. The molecule has 0 fully saturated rings. The monoisotopic (exact) mass is 276 g/mol. The number of rotatable bonds is 5. The molecule has 0 aliphatic heterocycles.